The van der Waals surface area contributed by atoms with Gasteiger partial charge < -0.3 is 10.1 Å². The number of ether oxygens (including phenoxy) is 1. The average molecular weight is 308 g/mol. The first kappa shape index (κ1) is 16.6. The predicted octanol–water partition coefficient (Wildman–Crippen LogP) is 4.09. The van der Waals surface area contributed by atoms with Crippen LogP contribution in [0.25, 0.3) is 0 Å². The lowest BCUT2D eigenvalue weighted by molar-refractivity contribution is -0.118. The van der Waals surface area contributed by atoms with Gasteiger partial charge in [-0.2, -0.15) is 5.26 Å². The van der Waals surface area contributed by atoms with Gasteiger partial charge in [-0.3, -0.25) is 4.79 Å². The number of amides is 1. The number of carbonyl (C=O) groups excluding carboxylic acids is 1. The molecule has 0 aliphatic heterocycles. The van der Waals surface area contributed by atoms with E-state index in [4.69, 9.17) is 10.00 Å². The Hall–Kier alpha value is -2.80. The van der Waals surface area contributed by atoms with Crippen LogP contribution in [0.15, 0.2) is 48.5 Å². The van der Waals surface area contributed by atoms with E-state index >= 15 is 0 Å². The molecule has 0 radical (unpaired) electrons. The molecule has 0 unspecified atom stereocenters. The Bertz CT molecular complexity index is 702. The molecule has 4 nitrogen and oxygen atoms in total. The Balaban J connectivity index is 1.91. The highest BCUT2D eigenvalue weighted by Gasteiger charge is 2.07. The second-order valence-corrected chi connectivity index (χ2v) is 5.38. The van der Waals surface area contributed by atoms with Crippen molar-refractivity contribution in [2.24, 2.45) is 0 Å². The van der Waals surface area contributed by atoms with Crippen molar-refractivity contribution in [3.8, 4) is 11.8 Å². The Labute approximate surface area is 136 Å². The van der Waals surface area contributed by atoms with Gasteiger partial charge in [0.15, 0.2) is 6.61 Å². The zero-order valence-electron chi connectivity index (χ0n) is 13.4. The minimum absolute atomic E-state index is 0.133. The highest BCUT2D eigenvalue weighted by molar-refractivity contribution is 5.91. The number of nitrogens with zero attached hydrogens (tertiary/aromatic N) is 1. The van der Waals surface area contributed by atoms with Crippen LogP contribution in [0.5, 0.6) is 5.75 Å². The number of para-hydroxylation sites is 1. The molecule has 0 saturated carbocycles. The Morgan fingerprint density at radius 3 is 2.57 bits per heavy atom. The number of anilines is 1. The van der Waals surface area contributed by atoms with Crippen LogP contribution in [0, 0.1) is 11.3 Å². The van der Waals surface area contributed by atoms with Crippen LogP contribution in [0.4, 0.5) is 5.69 Å². The molecule has 0 bridgehead atoms. The van der Waals surface area contributed by atoms with Crippen molar-refractivity contribution >= 4 is 11.6 Å². The standard InChI is InChI=1S/C19H20N2O2/c1-3-14(2)15-8-10-17(11-9-15)21-19(22)13-23-18-7-5-4-6-16(18)12-20/h4-11,14H,3,13H2,1-2H3,(H,21,22)/t14-/m0/s1. The first-order chi connectivity index (χ1) is 11.1. The fourth-order valence-electron chi connectivity index (χ4n) is 2.16. The van der Waals surface area contributed by atoms with Gasteiger partial charge in [0.05, 0.1) is 5.56 Å². The molecule has 118 valence electrons. The summed E-state index contributed by atoms with van der Waals surface area (Å²) in [6.45, 7) is 4.19. The normalized spacial score (nSPS) is 11.3. The molecule has 2 aromatic rings. The SMILES string of the molecule is CC[C@H](C)c1ccc(NC(=O)COc2ccccc2C#N)cc1. The lowest BCUT2D eigenvalue weighted by Crippen LogP contribution is -2.20. The predicted molar refractivity (Wildman–Crippen MR) is 90.4 cm³/mol. The highest BCUT2D eigenvalue weighted by atomic mass is 16.5. The fraction of sp³-hybridized carbons (Fsp3) is 0.263. The van der Waals surface area contributed by atoms with E-state index in [0.717, 1.165) is 12.1 Å². The monoisotopic (exact) mass is 308 g/mol. The smallest absolute Gasteiger partial charge is 0.262 e. The molecule has 2 aromatic carbocycles. The van der Waals surface area contributed by atoms with E-state index in [0.29, 0.717) is 17.2 Å². The molecular weight excluding hydrogens is 288 g/mol. The van der Waals surface area contributed by atoms with Gasteiger partial charge in [0, 0.05) is 5.69 Å². The van der Waals surface area contributed by atoms with E-state index < -0.39 is 0 Å². The molecule has 0 saturated heterocycles. The highest BCUT2D eigenvalue weighted by Crippen LogP contribution is 2.20. The lowest BCUT2D eigenvalue weighted by Gasteiger charge is -2.11. The maximum absolute atomic E-state index is 11.9. The molecule has 0 spiro atoms. The van der Waals surface area contributed by atoms with E-state index in [-0.39, 0.29) is 12.5 Å². The van der Waals surface area contributed by atoms with Crippen LogP contribution in [0.3, 0.4) is 0 Å². The van der Waals surface area contributed by atoms with E-state index in [1.807, 2.05) is 30.3 Å². The molecule has 1 amide bonds. The number of carbonyl (C=O) groups is 1. The second kappa shape index (κ2) is 8.00. The summed E-state index contributed by atoms with van der Waals surface area (Å²) < 4.78 is 5.41. The summed E-state index contributed by atoms with van der Waals surface area (Å²) in [5.41, 5.74) is 2.40. The molecule has 2 rings (SSSR count). The minimum Gasteiger partial charge on any atom is -0.482 e. The molecule has 0 aliphatic rings. The Morgan fingerprint density at radius 1 is 1.22 bits per heavy atom. The van der Waals surface area contributed by atoms with E-state index in [1.165, 1.54) is 5.56 Å². The second-order valence-electron chi connectivity index (χ2n) is 5.38. The average Bonchev–Trinajstić information content (AvgIpc) is 2.60. The first-order valence-corrected chi connectivity index (χ1v) is 7.65. The largest absolute Gasteiger partial charge is 0.482 e. The number of rotatable bonds is 6. The van der Waals surface area contributed by atoms with Crippen molar-refractivity contribution < 1.29 is 9.53 Å². The van der Waals surface area contributed by atoms with Crippen LogP contribution in [0.1, 0.15) is 37.3 Å². The van der Waals surface area contributed by atoms with Gasteiger partial charge >= 0.3 is 0 Å². The maximum atomic E-state index is 11.9. The number of nitrogens with one attached hydrogen (secondary N) is 1. The minimum atomic E-state index is -0.256. The van der Waals surface area contributed by atoms with Gasteiger partial charge in [-0.1, -0.05) is 38.1 Å². The Kier molecular flexibility index (Phi) is 5.76. The molecule has 4 heteroatoms. The molecule has 23 heavy (non-hydrogen) atoms. The summed E-state index contributed by atoms with van der Waals surface area (Å²) in [5, 5.41) is 11.8. The van der Waals surface area contributed by atoms with Gasteiger partial charge in [-0.05, 0) is 42.2 Å². The van der Waals surface area contributed by atoms with E-state index in [1.54, 1.807) is 24.3 Å². The third-order valence-corrected chi connectivity index (χ3v) is 3.74. The number of hydrogen-bond acceptors (Lipinski definition) is 3. The zero-order valence-corrected chi connectivity index (χ0v) is 13.4. The number of nitriles is 1. The van der Waals surface area contributed by atoms with Gasteiger partial charge in [-0.15, -0.1) is 0 Å². The maximum Gasteiger partial charge on any atom is 0.262 e. The van der Waals surface area contributed by atoms with E-state index in [9.17, 15) is 4.79 Å². The van der Waals surface area contributed by atoms with Crippen molar-refractivity contribution in [1.29, 1.82) is 5.26 Å². The van der Waals surface area contributed by atoms with Gasteiger partial charge in [-0.25, -0.2) is 0 Å². The summed E-state index contributed by atoms with van der Waals surface area (Å²) in [5.74, 6) is 0.664. The first-order valence-electron chi connectivity index (χ1n) is 7.65. The summed E-state index contributed by atoms with van der Waals surface area (Å²) in [4.78, 5) is 11.9. The number of benzene rings is 2. The molecule has 1 N–H and O–H groups in total. The van der Waals surface area contributed by atoms with Crippen LogP contribution in [-0.2, 0) is 4.79 Å². The molecule has 0 aliphatic carbocycles. The van der Waals surface area contributed by atoms with Gasteiger partial charge in [0.25, 0.3) is 5.91 Å². The third-order valence-electron chi connectivity index (χ3n) is 3.74. The molecule has 0 fully saturated rings. The topological polar surface area (TPSA) is 62.1 Å². The Morgan fingerprint density at radius 2 is 1.91 bits per heavy atom. The van der Waals surface area contributed by atoms with Crippen molar-refractivity contribution in [3.05, 3.63) is 59.7 Å². The van der Waals surface area contributed by atoms with Crippen LogP contribution >= 0.6 is 0 Å². The quantitative estimate of drug-likeness (QED) is 0.874. The van der Waals surface area contributed by atoms with Crippen molar-refractivity contribution in [2.75, 3.05) is 11.9 Å². The summed E-state index contributed by atoms with van der Waals surface area (Å²) in [6, 6.07) is 16.7. The molecule has 0 aromatic heterocycles. The number of hydrogen-bond donors (Lipinski definition) is 1. The summed E-state index contributed by atoms with van der Waals surface area (Å²) in [7, 11) is 0. The van der Waals surface area contributed by atoms with Crippen LogP contribution < -0.4 is 10.1 Å². The summed E-state index contributed by atoms with van der Waals surface area (Å²) >= 11 is 0. The van der Waals surface area contributed by atoms with Gasteiger partial charge in [0.2, 0.25) is 0 Å². The van der Waals surface area contributed by atoms with Crippen molar-refractivity contribution in [3.63, 3.8) is 0 Å². The third kappa shape index (κ3) is 4.58. The molecule has 1 atom stereocenters. The lowest BCUT2D eigenvalue weighted by atomic mass is 9.99. The van der Waals surface area contributed by atoms with E-state index in [2.05, 4.69) is 19.2 Å². The molecule has 0 heterocycles. The van der Waals surface area contributed by atoms with Crippen molar-refractivity contribution in [2.45, 2.75) is 26.2 Å². The summed E-state index contributed by atoms with van der Waals surface area (Å²) in [6.07, 6.45) is 1.08. The van der Waals surface area contributed by atoms with Gasteiger partial charge in [0.1, 0.15) is 11.8 Å². The molecular formula is C19H20N2O2. The fourth-order valence-corrected chi connectivity index (χ4v) is 2.16. The zero-order chi connectivity index (χ0) is 16.7. The van der Waals surface area contributed by atoms with Crippen LogP contribution in [0.2, 0.25) is 0 Å². The van der Waals surface area contributed by atoms with Crippen molar-refractivity contribution in [1.82, 2.24) is 0 Å². The van der Waals surface area contributed by atoms with Crippen LogP contribution in [-0.4, -0.2) is 12.5 Å².